The van der Waals surface area contributed by atoms with Crippen molar-refractivity contribution in [1.29, 1.82) is 0 Å². The van der Waals surface area contributed by atoms with Crippen LogP contribution in [0.3, 0.4) is 0 Å². The Kier molecular flexibility index (Phi) is 5.05. The molecule has 146 valence electrons. The van der Waals surface area contributed by atoms with E-state index < -0.39 is 0 Å². The number of fused-ring (bicyclic) bond motifs is 2. The first-order valence-corrected chi connectivity index (χ1v) is 9.57. The van der Waals surface area contributed by atoms with Crippen molar-refractivity contribution in [3.8, 4) is 11.5 Å². The van der Waals surface area contributed by atoms with Crippen molar-refractivity contribution in [3.05, 3.63) is 58.7 Å². The van der Waals surface area contributed by atoms with Crippen molar-refractivity contribution in [3.63, 3.8) is 0 Å². The number of hydrogen-bond acceptors (Lipinski definition) is 5. The highest BCUT2D eigenvalue weighted by atomic mass is 16.5. The molecule has 0 spiro atoms. The van der Waals surface area contributed by atoms with E-state index in [2.05, 4.69) is 5.32 Å². The van der Waals surface area contributed by atoms with Gasteiger partial charge in [0.2, 0.25) is 0 Å². The number of methoxy groups -OCH3 is 2. The van der Waals surface area contributed by atoms with Gasteiger partial charge in [0.1, 0.15) is 0 Å². The Bertz CT molecular complexity index is 890. The van der Waals surface area contributed by atoms with Crippen LogP contribution >= 0.6 is 0 Å². The van der Waals surface area contributed by atoms with E-state index in [1.54, 1.807) is 38.5 Å². The number of hydrogen-bond donors (Lipinski definition) is 1. The third kappa shape index (κ3) is 3.14. The van der Waals surface area contributed by atoms with Gasteiger partial charge in [0.05, 0.1) is 25.3 Å². The summed E-state index contributed by atoms with van der Waals surface area (Å²) in [6.07, 6.45) is 2.50. The number of carbonyl (C=O) groups excluding carboxylic acids is 2. The zero-order valence-electron chi connectivity index (χ0n) is 16.2. The minimum Gasteiger partial charge on any atom is -0.493 e. The van der Waals surface area contributed by atoms with Crippen molar-refractivity contribution in [2.24, 2.45) is 0 Å². The van der Waals surface area contributed by atoms with E-state index in [0.717, 1.165) is 37.3 Å². The van der Waals surface area contributed by atoms with Gasteiger partial charge in [0, 0.05) is 12.6 Å². The maximum atomic E-state index is 12.5. The van der Waals surface area contributed by atoms with Gasteiger partial charge in [-0.05, 0) is 61.2 Å². The van der Waals surface area contributed by atoms with Gasteiger partial charge in [-0.2, -0.15) is 0 Å². The third-order valence-electron chi connectivity index (χ3n) is 5.56. The average Bonchev–Trinajstić information content (AvgIpc) is 2.98. The predicted molar refractivity (Wildman–Crippen MR) is 105 cm³/mol. The maximum Gasteiger partial charge on any atom is 0.261 e. The minimum atomic E-state index is -0.191. The summed E-state index contributed by atoms with van der Waals surface area (Å²) in [4.78, 5) is 26.4. The van der Waals surface area contributed by atoms with Gasteiger partial charge >= 0.3 is 0 Å². The predicted octanol–water partition coefficient (Wildman–Crippen LogP) is 2.97. The Hall–Kier alpha value is -2.86. The second-order valence-corrected chi connectivity index (χ2v) is 7.11. The standard InChI is InChI=1S/C22H24N2O4/c1-27-19-12-14-9-10-23-18(17(14)13-20(19)28-2)8-5-11-24-21(25)15-6-3-4-7-16(15)22(24)26/h3-4,6-7,12-13,18,23H,5,8-11H2,1-2H3/t18-/m1/s1. The molecule has 28 heavy (non-hydrogen) atoms. The van der Waals surface area contributed by atoms with Crippen LogP contribution in [0, 0.1) is 0 Å². The van der Waals surface area contributed by atoms with Crippen LogP contribution in [0.2, 0.25) is 0 Å². The van der Waals surface area contributed by atoms with Gasteiger partial charge < -0.3 is 14.8 Å². The van der Waals surface area contributed by atoms with E-state index in [1.165, 1.54) is 16.0 Å². The molecule has 6 heteroatoms. The van der Waals surface area contributed by atoms with Gasteiger partial charge in [-0.3, -0.25) is 14.5 Å². The fraction of sp³-hybridized carbons (Fsp3) is 0.364. The molecule has 6 nitrogen and oxygen atoms in total. The van der Waals surface area contributed by atoms with Crippen LogP contribution in [0.5, 0.6) is 11.5 Å². The zero-order chi connectivity index (χ0) is 19.7. The van der Waals surface area contributed by atoms with Crippen molar-refractivity contribution in [2.45, 2.75) is 25.3 Å². The summed E-state index contributed by atoms with van der Waals surface area (Å²) in [7, 11) is 3.28. The minimum absolute atomic E-state index is 0.165. The molecule has 0 saturated heterocycles. The molecule has 4 rings (SSSR count). The second-order valence-electron chi connectivity index (χ2n) is 7.11. The van der Waals surface area contributed by atoms with Crippen molar-refractivity contribution in [1.82, 2.24) is 10.2 Å². The van der Waals surface area contributed by atoms with E-state index in [4.69, 9.17) is 9.47 Å². The number of benzene rings is 2. The molecule has 1 atom stereocenters. The van der Waals surface area contributed by atoms with Gasteiger partial charge in [0.25, 0.3) is 11.8 Å². The van der Waals surface area contributed by atoms with E-state index in [1.807, 2.05) is 12.1 Å². The summed E-state index contributed by atoms with van der Waals surface area (Å²) in [6, 6.07) is 11.3. The normalized spacial score (nSPS) is 18.1. The van der Waals surface area contributed by atoms with Crippen LogP contribution in [0.15, 0.2) is 36.4 Å². The lowest BCUT2D eigenvalue weighted by Gasteiger charge is -2.28. The first-order chi connectivity index (χ1) is 13.6. The summed E-state index contributed by atoms with van der Waals surface area (Å²) in [6.45, 7) is 1.31. The van der Waals surface area contributed by atoms with Gasteiger partial charge in [-0.15, -0.1) is 0 Å². The SMILES string of the molecule is COc1cc2c(cc1OC)[C@@H](CCCN1C(=O)c3ccccc3C1=O)NCC2. The number of rotatable bonds is 6. The van der Waals surface area contributed by atoms with E-state index >= 15 is 0 Å². The number of imide groups is 1. The largest absolute Gasteiger partial charge is 0.493 e. The first-order valence-electron chi connectivity index (χ1n) is 9.57. The quantitative estimate of drug-likeness (QED) is 0.781. The highest BCUT2D eigenvalue weighted by Crippen LogP contribution is 2.36. The van der Waals surface area contributed by atoms with Crippen molar-refractivity contribution >= 4 is 11.8 Å². The van der Waals surface area contributed by atoms with E-state index in [9.17, 15) is 9.59 Å². The lowest BCUT2D eigenvalue weighted by atomic mass is 9.91. The van der Waals surface area contributed by atoms with Crippen LogP contribution in [0.25, 0.3) is 0 Å². The topological polar surface area (TPSA) is 67.9 Å². The molecule has 0 bridgehead atoms. The van der Waals surface area contributed by atoms with Crippen molar-refractivity contribution < 1.29 is 19.1 Å². The molecule has 2 heterocycles. The number of amides is 2. The molecule has 0 aliphatic carbocycles. The Morgan fingerprint density at radius 2 is 1.68 bits per heavy atom. The van der Waals surface area contributed by atoms with Gasteiger partial charge in [0.15, 0.2) is 11.5 Å². The molecule has 0 aromatic heterocycles. The molecule has 2 aliphatic rings. The van der Waals surface area contributed by atoms with Crippen LogP contribution < -0.4 is 14.8 Å². The first kappa shape index (κ1) is 18.5. The van der Waals surface area contributed by atoms with Crippen LogP contribution in [-0.2, 0) is 6.42 Å². The molecule has 0 saturated carbocycles. The fourth-order valence-electron chi connectivity index (χ4n) is 4.12. The smallest absolute Gasteiger partial charge is 0.261 e. The fourth-order valence-corrected chi connectivity index (χ4v) is 4.12. The van der Waals surface area contributed by atoms with E-state index in [0.29, 0.717) is 17.7 Å². The van der Waals surface area contributed by atoms with Gasteiger partial charge in [-0.25, -0.2) is 0 Å². The third-order valence-corrected chi connectivity index (χ3v) is 5.56. The molecule has 2 aromatic rings. The molecule has 0 unspecified atom stereocenters. The number of nitrogens with one attached hydrogen (secondary N) is 1. The summed E-state index contributed by atoms with van der Waals surface area (Å²) < 4.78 is 10.9. The Balaban J connectivity index is 1.45. The van der Waals surface area contributed by atoms with Gasteiger partial charge in [-0.1, -0.05) is 12.1 Å². The monoisotopic (exact) mass is 380 g/mol. The van der Waals surface area contributed by atoms with Crippen LogP contribution in [0.1, 0.15) is 50.7 Å². The lowest BCUT2D eigenvalue weighted by Crippen LogP contribution is -2.33. The molecule has 2 aliphatic heterocycles. The maximum absolute atomic E-state index is 12.5. The molecular weight excluding hydrogens is 356 g/mol. The molecule has 1 N–H and O–H groups in total. The summed E-state index contributed by atoms with van der Waals surface area (Å²) in [5.74, 6) is 1.08. The Labute approximate surface area is 164 Å². The van der Waals surface area contributed by atoms with E-state index in [-0.39, 0.29) is 17.9 Å². The number of nitrogens with zero attached hydrogens (tertiary/aromatic N) is 1. The second kappa shape index (κ2) is 7.64. The molecule has 2 aromatic carbocycles. The molecule has 2 amide bonds. The number of carbonyl (C=O) groups is 2. The van der Waals surface area contributed by atoms with Crippen LogP contribution in [0.4, 0.5) is 0 Å². The number of ether oxygens (including phenoxy) is 2. The summed E-state index contributed by atoms with van der Waals surface area (Å²) >= 11 is 0. The highest BCUT2D eigenvalue weighted by molar-refractivity contribution is 6.21. The Morgan fingerprint density at radius 1 is 1.04 bits per heavy atom. The molecular formula is C22H24N2O4. The average molecular weight is 380 g/mol. The van der Waals surface area contributed by atoms with Crippen molar-refractivity contribution in [2.75, 3.05) is 27.3 Å². The summed E-state index contributed by atoms with van der Waals surface area (Å²) in [5, 5.41) is 3.54. The Morgan fingerprint density at radius 3 is 2.32 bits per heavy atom. The van der Waals surface area contributed by atoms with Crippen LogP contribution in [-0.4, -0.2) is 44.0 Å². The molecule has 0 radical (unpaired) electrons. The molecule has 0 fully saturated rings. The summed E-state index contributed by atoms with van der Waals surface area (Å²) in [5.41, 5.74) is 3.46. The lowest BCUT2D eigenvalue weighted by molar-refractivity contribution is 0.0650. The highest BCUT2D eigenvalue weighted by Gasteiger charge is 2.34. The zero-order valence-corrected chi connectivity index (χ0v) is 16.2.